The molecular weight excluding hydrogens is 421 g/mol. The maximum atomic E-state index is 12.4. The molecule has 1 heterocycles. The molecule has 3 rings (SSSR count). The van der Waals surface area contributed by atoms with E-state index in [-0.39, 0.29) is 33.1 Å². The third kappa shape index (κ3) is 5.19. The van der Waals surface area contributed by atoms with E-state index < -0.39 is 5.97 Å². The summed E-state index contributed by atoms with van der Waals surface area (Å²) in [6.45, 7) is 0.973. The Morgan fingerprint density at radius 3 is 2.29 bits per heavy atom. The van der Waals surface area contributed by atoms with Crippen molar-refractivity contribution in [2.24, 2.45) is 5.92 Å². The summed E-state index contributed by atoms with van der Waals surface area (Å²) < 4.78 is 5.12. The number of hydrogen-bond donors (Lipinski definition) is 0. The molecule has 1 aliphatic heterocycles. The minimum absolute atomic E-state index is 0.0216. The quantitative estimate of drug-likeness (QED) is 0.469. The summed E-state index contributed by atoms with van der Waals surface area (Å²) in [5.74, 6) is -0.427. The fourth-order valence-electron chi connectivity index (χ4n) is 3.34. The number of rotatable bonds is 5. The highest BCUT2D eigenvalue weighted by atomic mass is 35.5. The average molecular weight is 441 g/mol. The number of nitrogens with zero attached hydrogens (tertiary/aromatic N) is 1. The van der Waals surface area contributed by atoms with Crippen molar-refractivity contribution in [3.05, 3.63) is 68.7 Å². The SMILES string of the molecule is O=C(OCC(=O)N1CCC(Cc2ccccc2)CC1)c1c(Cl)ccc(Cl)c1Cl. The molecule has 2 aromatic rings. The van der Waals surface area contributed by atoms with E-state index in [9.17, 15) is 9.59 Å². The predicted molar refractivity (Wildman–Crippen MR) is 111 cm³/mol. The monoisotopic (exact) mass is 439 g/mol. The van der Waals surface area contributed by atoms with Crippen molar-refractivity contribution >= 4 is 46.7 Å². The van der Waals surface area contributed by atoms with E-state index in [1.165, 1.54) is 17.7 Å². The van der Waals surface area contributed by atoms with Gasteiger partial charge in [-0.1, -0.05) is 65.1 Å². The maximum Gasteiger partial charge on any atom is 0.341 e. The number of piperidine rings is 1. The Labute approximate surface area is 179 Å². The number of benzene rings is 2. The van der Waals surface area contributed by atoms with E-state index >= 15 is 0 Å². The average Bonchev–Trinajstić information content (AvgIpc) is 2.70. The minimum Gasteiger partial charge on any atom is -0.452 e. The van der Waals surface area contributed by atoms with Gasteiger partial charge in [0.05, 0.1) is 20.6 Å². The number of likely N-dealkylation sites (tertiary alicyclic amines) is 1. The van der Waals surface area contributed by atoms with Gasteiger partial charge in [0, 0.05) is 13.1 Å². The van der Waals surface area contributed by atoms with E-state index in [2.05, 4.69) is 12.1 Å². The number of carbonyl (C=O) groups is 2. The molecule has 28 heavy (non-hydrogen) atoms. The third-order valence-electron chi connectivity index (χ3n) is 4.91. The highest BCUT2D eigenvalue weighted by molar-refractivity contribution is 6.46. The summed E-state index contributed by atoms with van der Waals surface area (Å²) in [4.78, 5) is 26.4. The molecular formula is C21H20Cl3NO3. The van der Waals surface area contributed by atoms with Crippen LogP contribution in [0.3, 0.4) is 0 Å². The van der Waals surface area contributed by atoms with Crippen LogP contribution in [0.25, 0.3) is 0 Å². The topological polar surface area (TPSA) is 46.6 Å². The first-order valence-electron chi connectivity index (χ1n) is 9.08. The second kappa shape index (κ2) is 9.64. The molecule has 4 nitrogen and oxygen atoms in total. The molecule has 0 bridgehead atoms. The summed E-state index contributed by atoms with van der Waals surface area (Å²) in [6, 6.07) is 13.3. The molecule has 1 fully saturated rings. The first-order valence-corrected chi connectivity index (χ1v) is 10.2. The lowest BCUT2D eigenvalue weighted by Crippen LogP contribution is -2.41. The second-order valence-corrected chi connectivity index (χ2v) is 8.00. The lowest BCUT2D eigenvalue weighted by Gasteiger charge is -2.32. The Morgan fingerprint density at radius 1 is 0.964 bits per heavy atom. The van der Waals surface area contributed by atoms with Crippen LogP contribution in [0.2, 0.25) is 15.1 Å². The summed E-state index contributed by atoms with van der Waals surface area (Å²) in [5, 5.41) is 0.353. The summed E-state index contributed by atoms with van der Waals surface area (Å²) in [5.41, 5.74) is 1.29. The molecule has 0 spiro atoms. The first kappa shape index (κ1) is 21.0. The van der Waals surface area contributed by atoms with Crippen molar-refractivity contribution in [2.45, 2.75) is 19.3 Å². The van der Waals surface area contributed by atoms with Gasteiger partial charge in [0.1, 0.15) is 0 Å². The number of ether oxygens (including phenoxy) is 1. The van der Waals surface area contributed by atoms with E-state index in [1.54, 1.807) is 4.90 Å². The summed E-state index contributed by atoms with van der Waals surface area (Å²) >= 11 is 17.9. The van der Waals surface area contributed by atoms with Gasteiger partial charge >= 0.3 is 5.97 Å². The minimum atomic E-state index is -0.759. The molecule has 0 aliphatic carbocycles. The number of amides is 1. The smallest absolute Gasteiger partial charge is 0.341 e. The van der Waals surface area contributed by atoms with Gasteiger partial charge in [0.25, 0.3) is 5.91 Å². The van der Waals surface area contributed by atoms with Crippen LogP contribution in [0, 0.1) is 5.92 Å². The molecule has 0 radical (unpaired) electrons. The Bertz CT molecular complexity index is 849. The van der Waals surface area contributed by atoms with Crippen LogP contribution < -0.4 is 0 Å². The Morgan fingerprint density at radius 2 is 1.61 bits per heavy atom. The third-order valence-corrected chi connectivity index (χ3v) is 6.03. The van der Waals surface area contributed by atoms with Gasteiger partial charge in [-0.3, -0.25) is 4.79 Å². The van der Waals surface area contributed by atoms with Crippen molar-refractivity contribution in [3.8, 4) is 0 Å². The molecule has 2 aromatic carbocycles. The molecule has 148 valence electrons. The van der Waals surface area contributed by atoms with Crippen molar-refractivity contribution < 1.29 is 14.3 Å². The summed E-state index contributed by atoms with van der Waals surface area (Å²) in [7, 11) is 0. The van der Waals surface area contributed by atoms with Crippen molar-refractivity contribution in [2.75, 3.05) is 19.7 Å². The van der Waals surface area contributed by atoms with E-state index in [0.717, 1.165) is 19.3 Å². The normalized spacial score (nSPS) is 14.8. The van der Waals surface area contributed by atoms with Crippen LogP contribution in [0.15, 0.2) is 42.5 Å². The van der Waals surface area contributed by atoms with E-state index in [0.29, 0.717) is 19.0 Å². The first-order chi connectivity index (χ1) is 13.5. The Balaban J connectivity index is 1.48. The summed E-state index contributed by atoms with van der Waals surface area (Å²) in [6.07, 6.45) is 2.88. The van der Waals surface area contributed by atoms with Crippen LogP contribution >= 0.6 is 34.8 Å². The highest BCUT2D eigenvalue weighted by Gasteiger charge is 2.25. The highest BCUT2D eigenvalue weighted by Crippen LogP contribution is 2.32. The number of hydrogen-bond acceptors (Lipinski definition) is 3. The molecule has 0 saturated carbocycles. The molecule has 1 saturated heterocycles. The van der Waals surface area contributed by atoms with Crippen molar-refractivity contribution in [3.63, 3.8) is 0 Å². The van der Waals surface area contributed by atoms with Crippen LogP contribution in [-0.2, 0) is 16.0 Å². The Hall–Kier alpha value is -1.75. The Kier molecular flexibility index (Phi) is 7.22. The maximum absolute atomic E-state index is 12.4. The fourth-order valence-corrected chi connectivity index (χ4v) is 4.02. The number of halogens is 3. The van der Waals surface area contributed by atoms with Gasteiger partial charge in [-0.05, 0) is 42.9 Å². The van der Waals surface area contributed by atoms with E-state index in [4.69, 9.17) is 39.5 Å². The largest absolute Gasteiger partial charge is 0.452 e. The number of esters is 1. The van der Waals surface area contributed by atoms with Gasteiger partial charge in [-0.2, -0.15) is 0 Å². The van der Waals surface area contributed by atoms with Gasteiger partial charge in [-0.25, -0.2) is 4.79 Å². The predicted octanol–water partition coefficient (Wildman–Crippen LogP) is 5.28. The van der Waals surface area contributed by atoms with E-state index in [1.807, 2.05) is 18.2 Å². The number of carbonyl (C=O) groups excluding carboxylic acids is 2. The van der Waals surface area contributed by atoms with Gasteiger partial charge in [0.15, 0.2) is 6.61 Å². The molecule has 0 unspecified atom stereocenters. The lowest BCUT2D eigenvalue weighted by atomic mass is 9.90. The van der Waals surface area contributed by atoms with Gasteiger partial charge in [0.2, 0.25) is 0 Å². The van der Waals surface area contributed by atoms with Crippen LogP contribution in [0.1, 0.15) is 28.8 Å². The standard InChI is InChI=1S/C21H20Cl3NO3/c22-16-6-7-17(23)20(24)19(16)21(27)28-13-18(26)25-10-8-15(9-11-25)12-14-4-2-1-3-5-14/h1-7,15H,8-13H2. The molecule has 1 aliphatic rings. The van der Waals surface area contributed by atoms with Gasteiger partial charge < -0.3 is 9.64 Å². The van der Waals surface area contributed by atoms with Crippen LogP contribution in [0.5, 0.6) is 0 Å². The molecule has 7 heteroatoms. The zero-order valence-corrected chi connectivity index (χ0v) is 17.4. The zero-order chi connectivity index (χ0) is 20.1. The lowest BCUT2D eigenvalue weighted by molar-refractivity contribution is -0.135. The van der Waals surface area contributed by atoms with Crippen LogP contribution in [0.4, 0.5) is 0 Å². The molecule has 1 amide bonds. The van der Waals surface area contributed by atoms with Crippen molar-refractivity contribution in [1.29, 1.82) is 0 Å². The molecule has 0 aromatic heterocycles. The second-order valence-electron chi connectivity index (χ2n) is 6.81. The molecule has 0 atom stereocenters. The molecule has 0 N–H and O–H groups in total. The van der Waals surface area contributed by atoms with Gasteiger partial charge in [-0.15, -0.1) is 0 Å². The fraction of sp³-hybridized carbons (Fsp3) is 0.333. The van der Waals surface area contributed by atoms with Crippen LogP contribution in [-0.4, -0.2) is 36.5 Å². The zero-order valence-electron chi connectivity index (χ0n) is 15.2. The van der Waals surface area contributed by atoms with Crippen molar-refractivity contribution in [1.82, 2.24) is 4.90 Å².